The zero-order valence-corrected chi connectivity index (χ0v) is 10.2. The first kappa shape index (κ1) is 10.5. The fourth-order valence-corrected chi connectivity index (χ4v) is 2.38. The summed E-state index contributed by atoms with van der Waals surface area (Å²) in [4.78, 5) is 5.67. The second-order valence-corrected chi connectivity index (χ2v) is 5.39. The second-order valence-electron chi connectivity index (χ2n) is 3.41. The van der Waals surface area contributed by atoms with Crippen molar-refractivity contribution in [3.8, 4) is 0 Å². The summed E-state index contributed by atoms with van der Waals surface area (Å²) in [7, 11) is 0. The first-order chi connectivity index (χ1) is 7.25. The maximum atomic E-state index is 4.35. The summed E-state index contributed by atoms with van der Waals surface area (Å²) in [6, 6.07) is 0. The Bertz CT molecular complexity index is 407. The second kappa shape index (κ2) is 4.67. The SMILES string of the molecule is CC(C)c1cnc(CNc2nncs2)s1. The molecule has 0 aliphatic heterocycles. The van der Waals surface area contributed by atoms with Gasteiger partial charge >= 0.3 is 0 Å². The van der Waals surface area contributed by atoms with Gasteiger partial charge in [0.25, 0.3) is 0 Å². The van der Waals surface area contributed by atoms with Crippen molar-refractivity contribution in [3.63, 3.8) is 0 Å². The molecule has 0 bridgehead atoms. The third-order valence-corrected chi connectivity index (χ3v) is 3.84. The van der Waals surface area contributed by atoms with Gasteiger partial charge in [-0.2, -0.15) is 0 Å². The molecule has 0 aromatic carbocycles. The number of anilines is 1. The molecule has 80 valence electrons. The Morgan fingerprint density at radius 2 is 2.33 bits per heavy atom. The molecule has 6 heteroatoms. The Balaban J connectivity index is 1.94. The van der Waals surface area contributed by atoms with Gasteiger partial charge in [0.1, 0.15) is 10.5 Å². The molecule has 4 nitrogen and oxygen atoms in total. The summed E-state index contributed by atoms with van der Waals surface area (Å²) >= 11 is 3.24. The molecule has 0 aliphatic carbocycles. The zero-order valence-electron chi connectivity index (χ0n) is 8.60. The molecule has 0 fully saturated rings. The first-order valence-electron chi connectivity index (χ1n) is 4.70. The van der Waals surface area contributed by atoms with Gasteiger partial charge in [-0.15, -0.1) is 21.5 Å². The third kappa shape index (κ3) is 2.73. The normalized spacial score (nSPS) is 10.9. The maximum Gasteiger partial charge on any atom is 0.205 e. The monoisotopic (exact) mass is 240 g/mol. The van der Waals surface area contributed by atoms with Crippen LogP contribution in [0.3, 0.4) is 0 Å². The smallest absolute Gasteiger partial charge is 0.205 e. The molecule has 2 heterocycles. The van der Waals surface area contributed by atoms with Crippen molar-refractivity contribution < 1.29 is 0 Å². The van der Waals surface area contributed by atoms with E-state index in [1.807, 2.05) is 6.20 Å². The largest absolute Gasteiger partial charge is 0.354 e. The van der Waals surface area contributed by atoms with Crippen LogP contribution in [0.2, 0.25) is 0 Å². The maximum absolute atomic E-state index is 4.35. The lowest BCUT2D eigenvalue weighted by molar-refractivity contribution is 0.885. The summed E-state index contributed by atoms with van der Waals surface area (Å²) in [5.41, 5.74) is 1.71. The standard InChI is InChI=1S/C9H12N4S2/c1-6(2)7-3-10-8(15-7)4-11-9-13-12-5-14-9/h3,5-6H,4H2,1-2H3,(H,11,13). The predicted octanol–water partition coefficient (Wildman–Crippen LogP) is 2.73. The molecule has 0 saturated heterocycles. The molecule has 0 aliphatic rings. The molecule has 2 aromatic heterocycles. The highest BCUT2D eigenvalue weighted by molar-refractivity contribution is 7.13. The number of nitrogens with one attached hydrogen (secondary N) is 1. The summed E-state index contributed by atoms with van der Waals surface area (Å²) in [6.45, 7) is 5.08. The summed E-state index contributed by atoms with van der Waals surface area (Å²) in [5, 5.41) is 12.8. The van der Waals surface area contributed by atoms with E-state index in [-0.39, 0.29) is 0 Å². The van der Waals surface area contributed by atoms with E-state index in [4.69, 9.17) is 0 Å². The molecular formula is C9H12N4S2. The highest BCUT2D eigenvalue weighted by atomic mass is 32.1. The van der Waals surface area contributed by atoms with Crippen LogP contribution < -0.4 is 5.32 Å². The number of aromatic nitrogens is 3. The van der Waals surface area contributed by atoms with E-state index < -0.39 is 0 Å². The third-order valence-electron chi connectivity index (χ3n) is 1.89. The van der Waals surface area contributed by atoms with Crippen LogP contribution in [-0.2, 0) is 6.54 Å². The molecule has 2 rings (SSSR count). The van der Waals surface area contributed by atoms with Crippen molar-refractivity contribution in [2.45, 2.75) is 26.3 Å². The van der Waals surface area contributed by atoms with Crippen LogP contribution in [0.25, 0.3) is 0 Å². The van der Waals surface area contributed by atoms with Gasteiger partial charge in [0, 0.05) is 11.1 Å². The van der Waals surface area contributed by atoms with E-state index in [1.54, 1.807) is 16.8 Å². The van der Waals surface area contributed by atoms with E-state index in [9.17, 15) is 0 Å². The number of thiazole rings is 1. The zero-order chi connectivity index (χ0) is 10.7. The minimum Gasteiger partial charge on any atom is -0.354 e. The van der Waals surface area contributed by atoms with Crippen LogP contribution in [0.1, 0.15) is 29.7 Å². The fraction of sp³-hybridized carbons (Fsp3) is 0.444. The van der Waals surface area contributed by atoms with Crippen molar-refractivity contribution in [1.82, 2.24) is 15.2 Å². The quantitative estimate of drug-likeness (QED) is 0.892. The number of hydrogen-bond donors (Lipinski definition) is 1. The molecule has 0 radical (unpaired) electrons. The topological polar surface area (TPSA) is 50.7 Å². The van der Waals surface area contributed by atoms with E-state index in [2.05, 4.69) is 34.3 Å². The van der Waals surface area contributed by atoms with Gasteiger partial charge in [0.15, 0.2) is 0 Å². The molecule has 0 saturated carbocycles. The Kier molecular flexibility index (Phi) is 3.27. The minimum atomic E-state index is 0.553. The summed E-state index contributed by atoms with van der Waals surface area (Å²) in [6.07, 6.45) is 1.95. The number of rotatable bonds is 4. The van der Waals surface area contributed by atoms with Gasteiger partial charge < -0.3 is 5.32 Å². The van der Waals surface area contributed by atoms with Crippen LogP contribution in [0.4, 0.5) is 5.13 Å². The van der Waals surface area contributed by atoms with Gasteiger partial charge in [0.05, 0.1) is 6.54 Å². The van der Waals surface area contributed by atoms with Crippen LogP contribution in [0.15, 0.2) is 11.7 Å². The highest BCUT2D eigenvalue weighted by Gasteiger charge is 2.05. The lowest BCUT2D eigenvalue weighted by Gasteiger charge is -1.98. The number of nitrogens with zero attached hydrogens (tertiary/aromatic N) is 3. The highest BCUT2D eigenvalue weighted by Crippen LogP contribution is 2.22. The predicted molar refractivity (Wildman–Crippen MR) is 63.4 cm³/mol. The van der Waals surface area contributed by atoms with E-state index in [0.29, 0.717) is 5.92 Å². The molecule has 0 spiro atoms. The van der Waals surface area contributed by atoms with Crippen LogP contribution in [0, 0.1) is 0 Å². The van der Waals surface area contributed by atoms with Crippen molar-refractivity contribution in [2.75, 3.05) is 5.32 Å². The van der Waals surface area contributed by atoms with Gasteiger partial charge in [-0.25, -0.2) is 4.98 Å². The van der Waals surface area contributed by atoms with Crippen molar-refractivity contribution >= 4 is 27.8 Å². The number of hydrogen-bond acceptors (Lipinski definition) is 6. The Morgan fingerprint density at radius 3 is 2.93 bits per heavy atom. The fourth-order valence-electron chi connectivity index (χ4n) is 1.07. The summed E-state index contributed by atoms with van der Waals surface area (Å²) in [5.74, 6) is 0.553. The molecule has 0 amide bonds. The average molecular weight is 240 g/mol. The van der Waals surface area contributed by atoms with Gasteiger partial charge in [-0.3, -0.25) is 0 Å². The van der Waals surface area contributed by atoms with E-state index in [0.717, 1.165) is 16.7 Å². The Labute approximate surface area is 96.4 Å². The Morgan fingerprint density at radius 1 is 1.47 bits per heavy atom. The molecule has 1 N–H and O–H groups in total. The van der Waals surface area contributed by atoms with Crippen LogP contribution >= 0.6 is 22.7 Å². The van der Waals surface area contributed by atoms with E-state index >= 15 is 0 Å². The lowest BCUT2D eigenvalue weighted by Crippen LogP contribution is -1.97. The van der Waals surface area contributed by atoms with Crippen molar-refractivity contribution in [1.29, 1.82) is 0 Å². The van der Waals surface area contributed by atoms with Crippen molar-refractivity contribution in [3.05, 3.63) is 21.6 Å². The Hall–Kier alpha value is -1.01. The van der Waals surface area contributed by atoms with Crippen LogP contribution in [-0.4, -0.2) is 15.2 Å². The van der Waals surface area contributed by atoms with E-state index in [1.165, 1.54) is 16.2 Å². The summed E-state index contributed by atoms with van der Waals surface area (Å²) < 4.78 is 0. The molecule has 2 aromatic rings. The minimum absolute atomic E-state index is 0.553. The van der Waals surface area contributed by atoms with Gasteiger partial charge in [-0.1, -0.05) is 25.2 Å². The molecule has 0 unspecified atom stereocenters. The van der Waals surface area contributed by atoms with Gasteiger partial charge in [0.2, 0.25) is 5.13 Å². The molecule has 0 atom stereocenters. The molecular weight excluding hydrogens is 228 g/mol. The van der Waals surface area contributed by atoms with Crippen LogP contribution in [0.5, 0.6) is 0 Å². The molecule has 15 heavy (non-hydrogen) atoms. The van der Waals surface area contributed by atoms with Crippen molar-refractivity contribution in [2.24, 2.45) is 0 Å². The average Bonchev–Trinajstić information content (AvgIpc) is 2.86. The first-order valence-corrected chi connectivity index (χ1v) is 6.40. The lowest BCUT2D eigenvalue weighted by atomic mass is 10.2. The van der Waals surface area contributed by atoms with Gasteiger partial charge in [-0.05, 0) is 5.92 Å².